The van der Waals surface area contributed by atoms with Crippen LogP contribution in [0.3, 0.4) is 0 Å². The Kier molecular flexibility index (Phi) is 5.84. The highest BCUT2D eigenvalue weighted by molar-refractivity contribution is 5.70. The van der Waals surface area contributed by atoms with Crippen molar-refractivity contribution >= 4 is 5.69 Å². The number of anilines is 1. The van der Waals surface area contributed by atoms with Gasteiger partial charge in [-0.25, -0.2) is 0 Å². The first-order chi connectivity index (χ1) is 10.7. The molecule has 0 fully saturated rings. The Balaban J connectivity index is 2.24. The van der Waals surface area contributed by atoms with Gasteiger partial charge in [-0.2, -0.15) is 0 Å². The van der Waals surface area contributed by atoms with E-state index in [1.807, 2.05) is 12.1 Å². The molecule has 118 valence electrons. The third-order valence-electron chi connectivity index (χ3n) is 3.86. The second-order valence-corrected chi connectivity index (χ2v) is 5.39. The normalized spacial score (nSPS) is 12.0. The van der Waals surface area contributed by atoms with Crippen LogP contribution >= 0.6 is 0 Å². The Morgan fingerprint density at radius 3 is 2.27 bits per heavy atom. The Hall–Kier alpha value is -2.00. The smallest absolute Gasteiger partial charge is 0.118 e. The van der Waals surface area contributed by atoms with Crippen LogP contribution in [-0.4, -0.2) is 13.2 Å². The van der Waals surface area contributed by atoms with Crippen molar-refractivity contribution in [1.82, 2.24) is 0 Å². The van der Waals surface area contributed by atoms with Crippen LogP contribution in [0.25, 0.3) is 11.1 Å². The van der Waals surface area contributed by atoms with Crippen LogP contribution in [0.5, 0.6) is 5.75 Å². The van der Waals surface area contributed by atoms with Gasteiger partial charge in [0.25, 0.3) is 0 Å². The molecule has 0 radical (unpaired) electrons. The van der Waals surface area contributed by atoms with Gasteiger partial charge in [0.2, 0.25) is 0 Å². The van der Waals surface area contributed by atoms with E-state index in [2.05, 4.69) is 56.6 Å². The van der Waals surface area contributed by atoms with Gasteiger partial charge in [-0.1, -0.05) is 38.1 Å². The molecule has 2 aromatic carbocycles. The zero-order valence-corrected chi connectivity index (χ0v) is 13.8. The number of rotatable bonds is 7. The molecular formula is C19H25NO2. The molecule has 1 unspecified atom stereocenters. The summed E-state index contributed by atoms with van der Waals surface area (Å²) in [6.45, 7) is 6.32. The number of hydrogen-bond acceptors (Lipinski definition) is 3. The minimum absolute atomic E-state index is 0.189. The van der Waals surface area contributed by atoms with Crippen LogP contribution in [0.1, 0.15) is 32.8 Å². The number of aryl methyl sites for hydroxylation is 1. The molecule has 3 heteroatoms. The second-order valence-electron chi connectivity index (χ2n) is 5.39. The van der Waals surface area contributed by atoms with E-state index in [1.165, 1.54) is 5.56 Å². The van der Waals surface area contributed by atoms with Crippen LogP contribution in [0, 0.1) is 0 Å². The van der Waals surface area contributed by atoms with Gasteiger partial charge < -0.3 is 4.74 Å². The lowest BCUT2D eigenvalue weighted by Crippen LogP contribution is -2.13. The molecule has 0 aliphatic heterocycles. The molecule has 0 aliphatic rings. The molecule has 2 aromatic rings. The Morgan fingerprint density at radius 2 is 1.68 bits per heavy atom. The number of methoxy groups -OCH3 is 1. The van der Waals surface area contributed by atoms with Crippen molar-refractivity contribution in [3.8, 4) is 16.9 Å². The monoisotopic (exact) mass is 299 g/mol. The molecule has 0 spiro atoms. The highest BCUT2D eigenvalue weighted by Gasteiger charge is 2.06. The zero-order chi connectivity index (χ0) is 15.9. The van der Waals surface area contributed by atoms with Gasteiger partial charge in [0, 0.05) is 0 Å². The number of ether oxygens (including phenoxy) is 1. The van der Waals surface area contributed by atoms with E-state index in [1.54, 1.807) is 7.11 Å². The highest BCUT2D eigenvalue weighted by Crippen LogP contribution is 2.28. The SMILES string of the molecule is CCc1ccc(-c2ccc(OC)cc2)cc1NOC(C)CC. The fourth-order valence-corrected chi connectivity index (χ4v) is 2.19. The number of benzene rings is 2. The average molecular weight is 299 g/mol. The van der Waals surface area contributed by atoms with Crippen molar-refractivity contribution in [2.45, 2.75) is 39.7 Å². The molecule has 0 bridgehead atoms. The summed E-state index contributed by atoms with van der Waals surface area (Å²) in [4.78, 5) is 5.68. The first-order valence-corrected chi connectivity index (χ1v) is 7.86. The zero-order valence-electron chi connectivity index (χ0n) is 13.8. The van der Waals surface area contributed by atoms with E-state index in [-0.39, 0.29) is 6.10 Å². The maximum atomic E-state index is 5.68. The number of hydrogen-bond donors (Lipinski definition) is 1. The summed E-state index contributed by atoms with van der Waals surface area (Å²) >= 11 is 0. The van der Waals surface area contributed by atoms with Crippen LogP contribution < -0.4 is 10.2 Å². The largest absolute Gasteiger partial charge is 0.497 e. The van der Waals surface area contributed by atoms with E-state index < -0.39 is 0 Å². The molecule has 0 heterocycles. The van der Waals surface area contributed by atoms with E-state index in [4.69, 9.17) is 9.57 Å². The third-order valence-corrected chi connectivity index (χ3v) is 3.86. The van der Waals surface area contributed by atoms with Crippen molar-refractivity contribution < 1.29 is 9.57 Å². The minimum Gasteiger partial charge on any atom is -0.497 e. The molecule has 3 nitrogen and oxygen atoms in total. The first kappa shape index (κ1) is 16.4. The minimum atomic E-state index is 0.189. The molecule has 2 rings (SSSR count). The maximum Gasteiger partial charge on any atom is 0.118 e. The predicted molar refractivity (Wildman–Crippen MR) is 92.3 cm³/mol. The van der Waals surface area contributed by atoms with Gasteiger partial charge in [-0.3, -0.25) is 10.3 Å². The highest BCUT2D eigenvalue weighted by atomic mass is 16.7. The van der Waals surface area contributed by atoms with E-state index in [9.17, 15) is 0 Å². The predicted octanol–water partition coefficient (Wildman–Crippen LogP) is 5.07. The van der Waals surface area contributed by atoms with Crippen molar-refractivity contribution in [1.29, 1.82) is 0 Å². The standard InChI is InChI=1S/C19H25NO2/c1-5-14(3)22-20-19-13-17(8-7-15(19)6-2)16-9-11-18(21-4)12-10-16/h7-14,20H,5-6H2,1-4H3. The summed E-state index contributed by atoms with van der Waals surface area (Å²) < 4.78 is 5.21. The lowest BCUT2D eigenvalue weighted by atomic mass is 10.0. The molecule has 0 aliphatic carbocycles. The van der Waals surface area contributed by atoms with Gasteiger partial charge in [0.15, 0.2) is 0 Å². The van der Waals surface area contributed by atoms with Gasteiger partial charge in [-0.15, -0.1) is 0 Å². The molecule has 0 aromatic heterocycles. The van der Waals surface area contributed by atoms with Gasteiger partial charge >= 0.3 is 0 Å². The summed E-state index contributed by atoms with van der Waals surface area (Å²) in [6.07, 6.45) is 2.14. The Labute approximate surface area is 133 Å². The molecule has 1 N–H and O–H groups in total. The topological polar surface area (TPSA) is 30.5 Å². The molecule has 0 saturated heterocycles. The summed E-state index contributed by atoms with van der Waals surface area (Å²) in [5.74, 6) is 0.868. The third kappa shape index (κ3) is 4.01. The molecule has 0 amide bonds. The van der Waals surface area contributed by atoms with E-state index in [0.29, 0.717) is 0 Å². The lowest BCUT2D eigenvalue weighted by molar-refractivity contribution is 0.112. The second kappa shape index (κ2) is 7.85. The maximum absolute atomic E-state index is 5.68. The molecular weight excluding hydrogens is 274 g/mol. The van der Waals surface area contributed by atoms with Gasteiger partial charge in [-0.05, 0) is 54.7 Å². The van der Waals surface area contributed by atoms with Crippen LogP contribution in [0.15, 0.2) is 42.5 Å². The van der Waals surface area contributed by atoms with Gasteiger partial charge in [0.05, 0.1) is 18.9 Å². The molecule has 0 saturated carbocycles. The van der Waals surface area contributed by atoms with Crippen LogP contribution in [0.4, 0.5) is 5.69 Å². The van der Waals surface area contributed by atoms with Crippen molar-refractivity contribution in [2.24, 2.45) is 0 Å². The van der Waals surface area contributed by atoms with Crippen molar-refractivity contribution in [2.75, 3.05) is 12.6 Å². The summed E-state index contributed by atoms with van der Waals surface area (Å²) in [6, 6.07) is 14.5. The molecule has 1 atom stereocenters. The van der Waals surface area contributed by atoms with E-state index in [0.717, 1.165) is 35.4 Å². The van der Waals surface area contributed by atoms with Gasteiger partial charge in [0.1, 0.15) is 5.75 Å². The van der Waals surface area contributed by atoms with E-state index >= 15 is 0 Å². The van der Waals surface area contributed by atoms with Crippen molar-refractivity contribution in [3.63, 3.8) is 0 Å². The fraction of sp³-hybridized carbons (Fsp3) is 0.368. The quantitative estimate of drug-likeness (QED) is 0.724. The average Bonchev–Trinajstić information content (AvgIpc) is 2.59. The van der Waals surface area contributed by atoms with Crippen LogP contribution in [0.2, 0.25) is 0 Å². The van der Waals surface area contributed by atoms with Crippen molar-refractivity contribution in [3.05, 3.63) is 48.0 Å². The summed E-state index contributed by atoms with van der Waals surface area (Å²) in [7, 11) is 1.68. The lowest BCUT2D eigenvalue weighted by Gasteiger charge is -2.16. The fourth-order valence-electron chi connectivity index (χ4n) is 2.19. The Bertz CT molecular complexity index is 593. The number of nitrogens with one attached hydrogen (secondary N) is 1. The Morgan fingerprint density at radius 1 is 1.00 bits per heavy atom. The summed E-state index contributed by atoms with van der Waals surface area (Å²) in [5.41, 5.74) is 7.74. The first-order valence-electron chi connectivity index (χ1n) is 7.86. The van der Waals surface area contributed by atoms with Crippen LogP contribution in [-0.2, 0) is 11.3 Å². The molecule has 22 heavy (non-hydrogen) atoms. The summed E-state index contributed by atoms with van der Waals surface area (Å²) in [5, 5.41) is 0.